The van der Waals surface area contributed by atoms with Crippen molar-refractivity contribution in [2.75, 3.05) is 6.61 Å². The minimum atomic E-state index is -0.405. The van der Waals surface area contributed by atoms with E-state index in [1.807, 2.05) is 31.2 Å². The molecule has 0 aliphatic carbocycles. The van der Waals surface area contributed by atoms with Gasteiger partial charge in [0.15, 0.2) is 0 Å². The quantitative estimate of drug-likeness (QED) is 0.738. The van der Waals surface area contributed by atoms with Gasteiger partial charge in [-0.05, 0) is 36.8 Å². The van der Waals surface area contributed by atoms with Gasteiger partial charge in [-0.3, -0.25) is 0 Å². The lowest BCUT2D eigenvalue weighted by molar-refractivity contribution is 0.140. The molecule has 78 valence electrons. The fraction of sp³-hybridized carbons (Fsp3) is 0.300. The summed E-state index contributed by atoms with van der Waals surface area (Å²) in [6, 6.07) is 7.78. The number of benzene rings is 1. The van der Waals surface area contributed by atoms with Gasteiger partial charge in [-0.1, -0.05) is 12.1 Å². The van der Waals surface area contributed by atoms with Crippen LogP contribution in [0, 0.1) is 6.92 Å². The van der Waals surface area contributed by atoms with Crippen LogP contribution in [0.3, 0.4) is 0 Å². The Balaban J connectivity index is 1.88. The summed E-state index contributed by atoms with van der Waals surface area (Å²) < 4.78 is 10.6. The van der Waals surface area contributed by atoms with Crippen LogP contribution in [-0.4, -0.2) is 18.0 Å². The zero-order chi connectivity index (χ0) is 10.7. The van der Waals surface area contributed by atoms with E-state index in [1.54, 1.807) is 0 Å². The lowest BCUT2D eigenvalue weighted by atomic mass is 10.2. The number of hydrogen-bond donors (Lipinski definition) is 0. The van der Waals surface area contributed by atoms with Crippen LogP contribution in [0.25, 0.3) is 0 Å². The average Bonchev–Trinajstić information content (AvgIpc) is 2.62. The second kappa shape index (κ2) is 4.35. The van der Waals surface area contributed by atoms with Gasteiger partial charge in [-0.15, -0.1) is 10.2 Å². The van der Waals surface area contributed by atoms with E-state index >= 15 is 0 Å². The van der Waals surface area contributed by atoms with Crippen LogP contribution in [0.1, 0.15) is 5.56 Å². The molecule has 0 fully saturated rings. The molecule has 0 bridgehead atoms. The average molecular weight is 222 g/mol. The van der Waals surface area contributed by atoms with Crippen molar-refractivity contribution in [3.8, 4) is 5.75 Å². The molecule has 0 aromatic heterocycles. The second-order valence-electron chi connectivity index (χ2n) is 3.18. The van der Waals surface area contributed by atoms with Crippen molar-refractivity contribution in [3.05, 3.63) is 29.8 Å². The first-order valence-corrected chi connectivity index (χ1v) is 4.96. The van der Waals surface area contributed by atoms with E-state index in [0.717, 1.165) is 11.3 Å². The smallest absolute Gasteiger partial charge is 0.304 e. The maximum absolute atomic E-state index is 5.48. The molecule has 1 unspecified atom stereocenters. The van der Waals surface area contributed by atoms with Crippen molar-refractivity contribution in [2.24, 2.45) is 10.2 Å². The third-order valence-corrected chi connectivity index (χ3v) is 2.07. The molecule has 0 saturated carbocycles. The second-order valence-corrected chi connectivity index (χ2v) is 3.53. The van der Waals surface area contributed by atoms with E-state index < -0.39 is 6.23 Å². The lowest BCUT2D eigenvalue weighted by Crippen LogP contribution is -2.16. The van der Waals surface area contributed by atoms with Crippen molar-refractivity contribution in [2.45, 2.75) is 13.2 Å². The molecule has 1 heterocycles. The van der Waals surface area contributed by atoms with Crippen LogP contribution >= 0.6 is 12.2 Å². The van der Waals surface area contributed by atoms with Gasteiger partial charge in [0, 0.05) is 0 Å². The van der Waals surface area contributed by atoms with E-state index in [4.69, 9.17) is 21.7 Å². The minimum Gasteiger partial charge on any atom is -0.488 e. The van der Waals surface area contributed by atoms with Crippen LogP contribution < -0.4 is 4.74 Å². The largest absolute Gasteiger partial charge is 0.488 e. The number of hydrogen-bond acceptors (Lipinski definition) is 4. The first-order valence-electron chi connectivity index (χ1n) is 4.55. The van der Waals surface area contributed by atoms with Gasteiger partial charge >= 0.3 is 5.17 Å². The Hall–Kier alpha value is -1.49. The monoisotopic (exact) mass is 222 g/mol. The summed E-state index contributed by atoms with van der Waals surface area (Å²) in [4.78, 5) is 0. The molecule has 0 amide bonds. The molecule has 15 heavy (non-hydrogen) atoms. The number of aryl methyl sites for hydroxylation is 1. The van der Waals surface area contributed by atoms with E-state index in [-0.39, 0.29) is 5.17 Å². The van der Waals surface area contributed by atoms with Crippen molar-refractivity contribution in [1.29, 1.82) is 0 Å². The van der Waals surface area contributed by atoms with E-state index in [1.165, 1.54) is 0 Å². The van der Waals surface area contributed by atoms with Crippen LogP contribution in [0.4, 0.5) is 0 Å². The zero-order valence-corrected chi connectivity index (χ0v) is 9.03. The summed E-state index contributed by atoms with van der Waals surface area (Å²) >= 11 is 4.71. The van der Waals surface area contributed by atoms with Crippen molar-refractivity contribution in [1.82, 2.24) is 0 Å². The minimum absolute atomic E-state index is 0.174. The lowest BCUT2D eigenvalue weighted by Gasteiger charge is -2.09. The molecule has 1 aromatic rings. The highest BCUT2D eigenvalue weighted by molar-refractivity contribution is 7.80. The molecule has 1 aromatic carbocycles. The molecule has 5 heteroatoms. The first-order chi connectivity index (χ1) is 7.24. The summed E-state index contributed by atoms with van der Waals surface area (Å²) in [5.74, 6) is 0.798. The fourth-order valence-corrected chi connectivity index (χ4v) is 1.37. The van der Waals surface area contributed by atoms with Crippen molar-refractivity contribution in [3.63, 3.8) is 0 Å². The highest BCUT2D eigenvalue weighted by Gasteiger charge is 2.17. The molecule has 0 spiro atoms. The Bertz CT molecular complexity index is 406. The molecule has 1 aliphatic rings. The Labute approximate surface area is 92.9 Å². The topological polar surface area (TPSA) is 43.2 Å². The third-order valence-electron chi connectivity index (χ3n) is 1.89. The Kier molecular flexibility index (Phi) is 2.91. The van der Waals surface area contributed by atoms with Crippen molar-refractivity contribution < 1.29 is 9.47 Å². The summed E-state index contributed by atoms with van der Waals surface area (Å²) in [5.41, 5.74) is 1.15. The molecule has 0 saturated heterocycles. The number of nitrogens with zero attached hydrogens (tertiary/aromatic N) is 2. The van der Waals surface area contributed by atoms with Gasteiger partial charge in [0.2, 0.25) is 6.23 Å². The number of thiocarbonyl (C=S) groups is 1. The number of ether oxygens (including phenoxy) is 2. The molecule has 1 aliphatic heterocycles. The Morgan fingerprint density at radius 3 is 3.07 bits per heavy atom. The maximum atomic E-state index is 5.48. The third kappa shape index (κ3) is 2.73. The van der Waals surface area contributed by atoms with Crippen LogP contribution in [0.2, 0.25) is 0 Å². The molecule has 0 N–H and O–H groups in total. The molecule has 1 atom stereocenters. The molecular weight excluding hydrogens is 212 g/mol. The van der Waals surface area contributed by atoms with Gasteiger partial charge in [0.05, 0.1) is 0 Å². The predicted octanol–water partition coefficient (Wildman–Crippen LogP) is 2.47. The highest BCUT2D eigenvalue weighted by atomic mass is 32.1. The fourth-order valence-electron chi connectivity index (χ4n) is 1.22. The van der Waals surface area contributed by atoms with Gasteiger partial charge in [-0.2, -0.15) is 0 Å². The number of azo groups is 1. The van der Waals surface area contributed by atoms with E-state index in [2.05, 4.69) is 10.2 Å². The Morgan fingerprint density at radius 2 is 2.40 bits per heavy atom. The normalized spacial score (nSPS) is 19.0. The van der Waals surface area contributed by atoms with Gasteiger partial charge in [-0.25, -0.2) is 0 Å². The first kappa shape index (κ1) is 10.0. The molecule has 2 rings (SSSR count). The van der Waals surface area contributed by atoms with Gasteiger partial charge in [0.25, 0.3) is 0 Å². The standard InChI is InChI=1S/C10H10N2O2S/c1-7-3-2-4-8(5-7)13-6-9-11-12-10(15)14-9/h2-5,9H,6H2,1H3. The van der Waals surface area contributed by atoms with E-state index in [0.29, 0.717) is 6.61 Å². The Morgan fingerprint density at radius 1 is 1.53 bits per heavy atom. The molecule has 0 radical (unpaired) electrons. The van der Waals surface area contributed by atoms with Gasteiger partial charge in [0.1, 0.15) is 12.4 Å². The SMILES string of the molecule is Cc1cccc(OCC2N=NC(=S)O2)c1. The molecular formula is C10H10N2O2S. The summed E-state index contributed by atoms with van der Waals surface area (Å²) in [7, 11) is 0. The molecule has 4 nitrogen and oxygen atoms in total. The van der Waals surface area contributed by atoms with E-state index in [9.17, 15) is 0 Å². The number of rotatable bonds is 3. The summed E-state index contributed by atoms with van der Waals surface area (Å²) in [6.07, 6.45) is -0.405. The highest BCUT2D eigenvalue weighted by Crippen LogP contribution is 2.14. The van der Waals surface area contributed by atoms with Crippen LogP contribution in [0.5, 0.6) is 5.75 Å². The van der Waals surface area contributed by atoms with Crippen LogP contribution in [0.15, 0.2) is 34.5 Å². The van der Waals surface area contributed by atoms with Crippen molar-refractivity contribution >= 4 is 17.4 Å². The zero-order valence-electron chi connectivity index (χ0n) is 8.21. The summed E-state index contributed by atoms with van der Waals surface area (Å²) in [6.45, 7) is 2.33. The predicted molar refractivity (Wildman–Crippen MR) is 59.0 cm³/mol. The van der Waals surface area contributed by atoms with Gasteiger partial charge < -0.3 is 9.47 Å². The van der Waals surface area contributed by atoms with Crippen LogP contribution in [-0.2, 0) is 4.74 Å². The maximum Gasteiger partial charge on any atom is 0.304 e. The summed E-state index contributed by atoms with van der Waals surface area (Å²) in [5, 5.41) is 7.57.